The number of halogens is 2. The van der Waals surface area contributed by atoms with Crippen molar-refractivity contribution in [3.63, 3.8) is 0 Å². The molecular formula is C26H25ClFN5O. The first-order chi connectivity index (χ1) is 16.6. The molecule has 0 unspecified atom stereocenters. The van der Waals surface area contributed by atoms with Crippen LogP contribution >= 0.6 is 11.6 Å². The number of piperidine rings is 1. The Labute approximate surface area is 203 Å². The number of hydrogen-bond acceptors (Lipinski definition) is 6. The fourth-order valence-electron chi connectivity index (χ4n) is 4.56. The minimum absolute atomic E-state index is 0.102. The molecule has 1 aromatic heterocycles. The summed E-state index contributed by atoms with van der Waals surface area (Å²) in [5, 5.41) is 9.32. The zero-order valence-electron chi connectivity index (χ0n) is 18.8. The number of ether oxygens (including phenoxy) is 1. The van der Waals surface area contributed by atoms with Gasteiger partial charge in [-0.1, -0.05) is 41.9 Å². The van der Waals surface area contributed by atoms with Gasteiger partial charge < -0.3 is 9.64 Å². The third-order valence-electron chi connectivity index (χ3n) is 6.37. The van der Waals surface area contributed by atoms with Crippen LogP contribution in [0.2, 0.25) is 5.15 Å². The Morgan fingerprint density at radius 3 is 2.59 bits per heavy atom. The molecule has 3 aromatic rings. The van der Waals surface area contributed by atoms with Crippen LogP contribution in [-0.2, 0) is 19.5 Å². The summed E-state index contributed by atoms with van der Waals surface area (Å²) in [6, 6.07) is 16.7. The molecule has 0 aliphatic carbocycles. The lowest BCUT2D eigenvalue weighted by molar-refractivity contribution is 0.163. The molecule has 174 valence electrons. The summed E-state index contributed by atoms with van der Waals surface area (Å²) in [5.74, 6) is 0.399. The maximum Gasteiger partial charge on any atom is 0.171 e. The molecule has 0 saturated carbocycles. The van der Waals surface area contributed by atoms with Gasteiger partial charge in [-0.2, -0.15) is 5.26 Å². The van der Waals surface area contributed by atoms with E-state index in [1.54, 1.807) is 6.07 Å². The second-order valence-corrected chi connectivity index (χ2v) is 9.10. The summed E-state index contributed by atoms with van der Waals surface area (Å²) >= 11 is 6.58. The van der Waals surface area contributed by atoms with Gasteiger partial charge in [0.15, 0.2) is 22.5 Å². The molecule has 1 saturated heterocycles. The molecule has 0 amide bonds. The summed E-state index contributed by atoms with van der Waals surface area (Å²) in [7, 11) is 0. The van der Waals surface area contributed by atoms with Crippen LogP contribution in [-0.4, -0.2) is 40.6 Å². The lowest BCUT2D eigenvalue weighted by Crippen LogP contribution is -2.39. The fraction of sp³-hybridized carbons (Fsp3) is 0.346. The molecule has 0 spiro atoms. The summed E-state index contributed by atoms with van der Waals surface area (Å²) in [6.07, 6.45) is 2.19. The average Bonchev–Trinajstić information content (AvgIpc) is 2.86. The van der Waals surface area contributed by atoms with Crippen molar-refractivity contribution in [2.45, 2.75) is 38.5 Å². The van der Waals surface area contributed by atoms with Crippen molar-refractivity contribution in [2.24, 2.45) is 0 Å². The Balaban J connectivity index is 1.21. The number of anilines is 1. The normalized spacial score (nSPS) is 16.7. The van der Waals surface area contributed by atoms with E-state index in [-0.39, 0.29) is 17.4 Å². The first-order valence-electron chi connectivity index (χ1n) is 11.5. The molecule has 1 fully saturated rings. The Morgan fingerprint density at radius 1 is 1.06 bits per heavy atom. The van der Waals surface area contributed by atoms with E-state index in [9.17, 15) is 4.39 Å². The smallest absolute Gasteiger partial charge is 0.171 e. The predicted molar refractivity (Wildman–Crippen MR) is 128 cm³/mol. The van der Waals surface area contributed by atoms with Gasteiger partial charge in [0.1, 0.15) is 6.10 Å². The summed E-state index contributed by atoms with van der Waals surface area (Å²) in [6.45, 7) is 3.97. The largest absolute Gasteiger partial charge is 0.487 e. The van der Waals surface area contributed by atoms with Crippen LogP contribution in [0.1, 0.15) is 35.4 Å². The van der Waals surface area contributed by atoms with Crippen LogP contribution in [0.5, 0.6) is 5.75 Å². The van der Waals surface area contributed by atoms with Crippen molar-refractivity contribution in [3.05, 3.63) is 82.0 Å². The zero-order valence-corrected chi connectivity index (χ0v) is 19.5. The minimum atomic E-state index is -0.508. The standard InChI is InChI=1S/C26H25ClFN5O/c27-25-26(31-22-10-11-32(17-23(22)30-25)16-18-4-2-1-3-5-18)33-12-8-20(9-13-33)34-24-7-6-19(15-29)14-21(24)28/h1-7,14,20H,8-13,16-17H2. The van der Waals surface area contributed by atoms with Crippen LogP contribution < -0.4 is 9.64 Å². The molecule has 0 radical (unpaired) electrons. The van der Waals surface area contributed by atoms with E-state index in [1.165, 1.54) is 17.7 Å². The molecule has 34 heavy (non-hydrogen) atoms. The zero-order chi connectivity index (χ0) is 23.5. The van der Waals surface area contributed by atoms with Crippen molar-refractivity contribution in [1.82, 2.24) is 14.9 Å². The summed E-state index contributed by atoms with van der Waals surface area (Å²) in [5.41, 5.74) is 3.53. The van der Waals surface area contributed by atoms with Crippen LogP contribution in [0.3, 0.4) is 0 Å². The van der Waals surface area contributed by atoms with Gasteiger partial charge >= 0.3 is 0 Å². The molecule has 3 heterocycles. The number of nitriles is 1. The van der Waals surface area contributed by atoms with Crippen molar-refractivity contribution in [2.75, 3.05) is 24.5 Å². The molecule has 2 aromatic carbocycles. The van der Waals surface area contributed by atoms with Gasteiger partial charge in [0.25, 0.3) is 0 Å². The maximum atomic E-state index is 14.2. The second kappa shape index (κ2) is 9.96. The molecule has 2 aliphatic rings. The maximum absolute atomic E-state index is 14.2. The van der Waals surface area contributed by atoms with E-state index < -0.39 is 5.82 Å². The van der Waals surface area contributed by atoms with Gasteiger partial charge in [-0.05, 0) is 23.8 Å². The number of rotatable bonds is 5. The molecule has 0 N–H and O–H groups in total. The predicted octanol–water partition coefficient (Wildman–Crippen LogP) is 4.75. The van der Waals surface area contributed by atoms with Crippen molar-refractivity contribution in [3.8, 4) is 11.8 Å². The van der Waals surface area contributed by atoms with Crippen molar-refractivity contribution >= 4 is 17.4 Å². The molecule has 0 atom stereocenters. The highest BCUT2D eigenvalue weighted by atomic mass is 35.5. The van der Waals surface area contributed by atoms with E-state index in [0.717, 1.165) is 56.1 Å². The van der Waals surface area contributed by atoms with Crippen LogP contribution in [0, 0.1) is 17.1 Å². The van der Waals surface area contributed by atoms with Gasteiger partial charge in [-0.3, -0.25) is 4.90 Å². The Bertz CT molecular complexity index is 1210. The highest BCUT2D eigenvalue weighted by molar-refractivity contribution is 6.31. The van der Waals surface area contributed by atoms with Crippen molar-refractivity contribution in [1.29, 1.82) is 5.26 Å². The lowest BCUT2D eigenvalue weighted by atomic mass is 10.1. The number of nitrogens with zero attached hydrogens (tertiary/aromatic N) is 5. The molecule has 8 heteroatoms. The highest BCUT2D eigenvalue weighted by Crippen LogP contribution is 2.30. The van der Waals surface area contributed by atoms with Gasteiger partial charge in [0.05, 0.1) is 23.0 Å². The average molecular weight is 478 g/mol. The molecular weight excluding hydrogens is 453 g/mol. The molecule has 2 aliphatic heterocycles. The number of fused-ring (bicyclic) bond motifs is 1. The van der Waals surface area contributed by atoms with Gasteiger partial charge in [0.2, 0.25) is 0 Å². The lowest BCUT2D eigenvalue weighted by Gasteiger charge is -2.34. The van der Waals surface area contributed by atoms with Gasteiger partial charge in [-0.25, -0.2) is 14.4 Å². The Morgan fingerprint density at radius 2 is 1.85 bits per heavy atom. The highest BCUT2D eigenvalue weighted by Gasteiger charge is 2.27. The minimum Gasteiger partial charge on any atom is -0.487 e. The fourth-order valence-corrected chi connectivity index (χ4v) is 4.83. The SMILES string of the molecule is N#Cc1ccc(OC2CCN(c3nc4c(nc3Cl)CN(Cc3ccccc3)CC4)CC2)c(F)c1. The number of aromatic nitrogens is 2. The quantitative estimate of drug-likeness (QED) is 0.528. The topological polar surface area (TPSA) is 65.3 Å². The first kappa shape index (κ1) is 22.6. The Kier molecular flexibility index (Phi) is 6.61. The first-order valence-corrected chi connectivity index (χ1v) is 11.9. The monoisotopic (exact) mass is 477 g/mol. The molecule has 6 nitrogen and oxygen atoms in total. The van der Waals surface area contributed by atoms with Crippen molar-refractivity contribution < 1.29 is 9.13 Å². The third kappa shape index (κ3) is 4.98. The van der Waals surface area contributed by atoms with E-state index in [2.05, 4.69) is 34.1 Å². The third-order valence-corrected chi connectivity index (χ3v) is 6.63. The molecule has 5 rings (SSSR count). The summed E-state index contributed by atoms with van der Waals surface area (Å²) in [4.78, 5) is 14.1. The Hall–Kier alpha value is -3.21. The molecule has 0 bridgehead atoms. The van der Waals surface area contributed by atoms with Crippen LogP contribution in [0.25, 0.3) is 0 Å². The van der Waals surface area contributed by atoms with Gasteiger partial charge in [-0.15, -0.1) is 0 Å². The van der Waals surface area contributed by atoms with E-state index in [4.69, 9.17) is 31.6 Å². The van der Waals surface area contributed by atoms with E-state index in [0.29, 0.717) is 18.2 Å². The van der Waals surface area contributed by atoms with E-state index >= 15 is 0 Å². The number of hydrogen-bond donors (Lipinski definition) is 0. The summed E-state index contributed by atoms with van der Waals surface area (Å²) < 4.78 is 20.0. The van der Waals surface area contributed by atoms with Gasteiger partial charge in [0, 0.05) is 52.0 Å². The van der Waals surface area contributed by atoms with Crippen LogP contribution in [0.4, 0.5) is 10.2 Å². The number of benzene rings is 2. The van der Waals surface area contributed by atoms with Crippen LogP contribution in [0.15, 0.2) is 48.5 Å². The second-order valence-electron chi connectivity index (χ2n) is 8.74. The van der Waals surface area contributed by atoms with E-state index in [1.807, 2.05) is 12.1 Å².